The Kier molecular flexibility index (Phi) is 10.9. The van der Waals surface area contributed by atoms with Crippen molar-refractivity contribution >= 4 is 31.6 Å². The number of sulfone groups is 2. The smallest absolute Gasteiger partial charge is 0.320 e. The van der Waals surface area contributed by atoms with Crippen molar-refractivity contribution in [3.05, 3.63) is 0 Å². The van der Waals surface area contributed by atoms with E-state index < -0.39 is 43.1 Å². The van der Waals surface area contributed by atoms with Crippen LogP contribution in [0.4, 0.5) is 0 Å². The molecular weight excluding hydrogens is 360 g/mol. The number of hydrogen-bond donors (Lipinski definition) is 0. The third-order valence-electron chi connectivity index (χ3n) is 3.29. The fourth-order valence-electron chi connectivity index (χ4n) is 1.97. The Morgan fingerprint density at radius 3 is 1.21 bits per heavy atom. The molecule has 0 aromatic carbocycles. The molecule has 0 aliphatic rings. The molecule has 142 valence electrons. The van der Waals surface area contributed by atoms with Crippen LogP contribution in [0.25, 0.3) is 0 Å². The van der Waals surface area contributed by atoms with Crippen molar-refractivity contribution in [2.24, 2.45) is 0 Å². The van der Waals surface area contributed by atoms with Gasteiger partial charge in [0.2, 0.25) is 0 Å². The van der Waals surface area contributed by atoms with Gasteiger partial charge in [-0.2, -0.15) is 0 Å². The van der Waals surface area contributed by atoms with Gasteiger partial charge in [0.25, 0.3) is 0 Å². The molecule has 0 rings (SSSR count). The van der Waals surface area contributed by atoms with Gasteiger partial charge >= 0.3 is 11.9 Å². The van der Waals surface area contributed by atoms with Gasteiger partial charge in [-0.05, 0) is 12.8 Å². The lowest BCUT2D eigenvalue weighted by Gasteiger charge is -2.05. The Hall–Kier alpha value is -1.16. The SMILES string of the molecule is COC(=O)CS(=O)(=O)CCCCCCCCS(=O)(=O)CC(=O)OC. The second-order valence-corrected chi connectivity index (χ2v) is 9.83. The average Bonchev–Trinajstić information content (AvgIpc) is 2.48. The number of carbonyl (C=O) groups is 2. The summed E-state index contributed by atoms with van der Waals surface area (Å²) in [4.78, 5) is 21.8. The lowest BCUT2D eigenvalue weighted by atomic mass is 10.1. The first-order valence-corrected chi connectivity index (χ1v) is 11.3. The summed E-state index contributed by atoms with van der Waals surface area (Å²) in [6.07, 6.45) is 3.86. The highest BCUT2D eigenvalue weighted by atomic mass is 32.2. The fraction of sp³-hybridized carbons (Fsp3) is 0.857. The highest BCUT2D eigenvalue weighted by Crippen LogP contribution is 2.09. The zero-order valence-electron chi connectivity index (χ0n) is 14.2. The van der Waals surface area contributed by atoms with E-state index in [0.717, 1.165) is 27.1 Å². The molecule has 0 aromatic rings. The minimum absolute atomic E-state index is 0.0599. The van der Waals surface area contributed by atoms with Crippen molar-refractivity contribution in [1.82, 2.24) is 0 Å². The van der Waals surface area contributed by atoms with Crippen molar-refractivity contribution in [1.29, 1.82) is 0 Å². The van der Waals surface area contributed by atoms with E-state index in [9.17, 15) is 26.4 Å². The van der Waals surface area contributed by atoms with E-state index in [2.05, 4.69) is 9.47 Å². The molecule has 0 N–H and O–H groups in total. The first-order chi connectivity index (χ1) is 11.1. The molecule has 0 aliphatic carbocycles. The van der Waals surface area contributed by atoms with Crippen LogP contribution in [0.1, 0.15) is 38.5 Å². The van der Waals surface area contributed by atoms with Gasteiger partial charge in [-0.3, -0.25) is 9.59 Å². The van der Waals surface area contributed by atoms with Gasteiger partial charge < -0.3 is 9.47 Å². The molecule has 10 heteroatoms. The van der Waals surface area contributed by atoms with Gasteiger partial charge in [-0.1, -0.05) is 25.7 Å². The van der Waals surface area contributed by atoms with Crippen molar-refractivity contribution in [2.45, 2.75) is 38.5 Å². The van der Waals surface area contributed by atoms with Crippen LogP contribution in [0.5, 0.6) is 0 Å². The van der Waals surface area contributed by atoms with Gasteiger partial charge in [-0.15, -0.1) is 0 Å². The molecule has 24 heavy (non-hydrogen) atoms. The highest BCUT2D eigenvalue weighted by molar-refractivity contribution is 7.92. The molecule has 0 amide bonds. The molecule has 0 saturated carbocycles. The maximum absolute atomic E-state index is 11.6. The first kappa shape index (κ1) is 22.8. The van der Waals surface area contributed by atoms with E-state index in [1.165, 1.54) is 0 Å². The summed E-state index contributed by atoms with van der Waals surface area (Å²) >= 11 is 0. The zero-order chi connectivity index (χ0) is 18.6. The van der Waals surface area contributed by atoms with Crippen LogP contribution in [0.3, 0.4) is 0 Å². The van der Waals surface area contributed by atoms with Gasteiger partial charge in [0, 0.05) is 0 Å². The van der Waals surface area contributed by atoms with E-state index in [1.807, 2.05) is 0 Å². The van der Waals surface area contributed by atoms with Crippen LogP contribution in [0.15, 0.2) is 0 Å². The van der Waals surface area contributed by atoms with Crippen LogP contribution < -0.4 is 0 Å². The van der Waals surface area contributed by atoms with Crippen LogP contribution in [0.2, 0.25) is 0 Å². The molecule has 0 atom stereocenters. The lowest BCUT2D eigenvalue weighted by Crippen LogP contribution is -2.20. The monoisotopic (exact) mass is 386 g/mol. The van der Waals surface area contributed by atoms with Crippen molar-refractivity contribution < 1.29 is 35.9 Å². The number of ether oxygens (including phenoxy) is 2. The second-order valence-electron chi connectivity index (χ2n) is 5.46. The third-order valence-corrected chi connectivity index (χ3v) is 6.46. The first-order valence-electron chi connectivity index (χ1n) is 7.66. The number of rotatable bonds is 13. The Morgan fingerprint density at radius 2 is 0.917 bits per heavy atom. The van der Waals surface area contributed by atoms with Crippen molar-refractivity contribution in [3.63, 3.8) is 0 Å². The average molecular weight is 386 g/mol. The van der Waals surface area contributed by atoms with Gasteiger partial charge in [-0.25, -0.2) is 16.8 Å². The van der Waals surface area contributed by atoms with Gasteiger partial charge in [0.15, 0.2) is 19.7 Å². The maximum atomic E-state index is 11.6. The van der Waals surface area contributed by atoms with Crippen molar-refractivity contribution in [3.8, 4) is 0 Å². The Morgan fingerprint density at radius 1 is 0.625 bits per heavy atom. The van der Waals surface area contributed by atoms with Gasteiger partial charge in [0.1, 0.15) is 11.5 Å². The van der Waals surface area contributed by atoms with Crippen LogP contribution in [0, 0.1) is 0 Å². The predicted molar refractivity (Wildman–Crippen MR) is 89.0 cm³/mol. The quantitative estimate of drug-likeness (QED) is 0.331. The molecule has 0 bridgehead atoms. The van der Waals surface area contributed by atoms with Crippen LogP contribution in [-0.4, -0.2) is 66.0 Å². The van der Waals surface area contributed by atoms with E-state index >= 15 is 0 Å². The van der Waals surface area contributed by atoms with Gasteiger partial charge in [0.05, 0.1) is 25.7 Å². The summed E-state index contributed by atoms with van der Waals surface area (Å²) in [7, 11) is -4.56. The minimum atomic E-state index is -3.42. The molecule has 8 nitrogen and oxygen atoms in total. The summed E-state index contributed by atoms with van der Waals surface area (Å²) in [6.45, 7) is 0. The number of unbranched alkanes of at least 4 members (excludes halogenated alkanes) is 5. The highest BCUT2D eigenvalue weighted by Gasteiger charge is 2.17. The Balaban J connectivity index is 3.75. The molecule has 0 fully saturated rings. The molecular formula is C14H26O8S2. The normalized spacial score (nSPS) is 11.9. The standard InChI is InChI=1S/C14H26O8S2/c1-21-13(15)11-23(17,18)9-7-5-3-4-6-8-10-24(19,20)12-14(16)22-2/h3-12H2,1-2H3. The summed E-state index contributed by atoms with van der Waals surface area (Å²) in [5.41, 5.74) is 0. The van der Waals surface area contributed by atoms with Crippen LogP contribution in [-0.2, 0) is 38.7 Å². The minimum Gasteiger partial charge on any atom is -0.468 e. The predicted octanol–water partition coefficient (Wildman–Crippen LogP) is 0.503. The molecule has 0 spiro atoms. The number of hydrogen-bond acceptors (Lipinski definition) is 8. The summed E-state index contributed by atoms with van der Waals surface area (Å²) < 4.78 is 54.9. The zero-order valence-corrected chi connectivity index (χ0v) is 15.8. The summed E-state index contributed by atoms with van der Waals surface area (Å²) in [5.74, 6) is -2.83. The van der Waals surface area contributed by atoms with Crippen molar-refractivity contribution in [2.75, 3.05) is 37.2 Å². The van der Waals surface area contributed by atoms with E-state index in [1.54, 1.807) is 0 Å². The largest absolute Gasteiger partial charge is 0.468 e. The fourth-order valence-corrected chi connectivity index (χ4v) is 4.50. The Bertz CT molecular complexity index is 538. The molecule has 0 saturated heterocycles. The molecule has 0 heterocycles. The number of carbonyl (C=O) groups excluding carboxylic acids is 2. The third kappa shape index (κ3) is 12.3. The molecule has 0 aliphatic heterocycles. The maximum Gasteiger partial charge on any atom is 0.320 e. The van der Waals surface area contributed by atoms with Crippen LogP contribution >= 0.6 is 0 Å². The molecule has 0 aromatic heterocycles. The summed E-state index contributed by atoms with van der Waals surface area (Å²) in [5, 5.41) is 0. The van der Waals surface area contributed by atoms with E-state index in [0.29, 0.717) is 25.7 Å². The van der Waals surface area contributed by atoms with E-state index in [4.69, 9.17) is 0 Å². The number of esters is 2. The Labute approximate surface area is 143 Å². The summed E-state index contributed by atoms with van der Waals surface area (Å²) in [6, 6.07) is 0. The second kappa shape index (κ2) is 11.4. The molecule has 0 radical (unpaired) electrons. The lowest BCUT2D eigenvalue weighted by molar-refractivity contribution is -0.138. The number of methoxy groups -OCH3 is 2. The molecule has 0 unspecified atom stereocenters. The topological polar surface area (TPSA) is 121 Å². The van der Waals surface area contributed by atoms with E-state index in [-0.39, 0.29) is 11.5 Å².